The van der Waals surface area contributed by atoms with Crippen LogP contribution in [0.3, 0.4) is 0 Å². The Labute approximate surface area is 110 Å². The lowest BCUT2D eigenvalue weighted by atomic mass is 10.1. The molecular formula is C13H16FN3O2. The summed E-state index contributed by atoms with van der Waals surface area (Å²) < 4.78 is 23.1. The molecule has 0 fully saturated rings. The van der Waals surface area contributed by atoms with Crippen LogP contribution >= 0.6 is 0 Å². The SMILES string of the molecule is COCCC(N)c1nc(Cc2cccc(F)c2)no1. The van der Waals surface area contributed by atoms with Gasteiger partial charge in [-0.25, -0.2) is 4.39 Å². The summed E-state index contributed by atoms with van der Waals surface area (Å²) in [7, 11) is 1.61. The van der Waals surface area contributed by atoms with Gasteiger partial charge in [0.05, 0.1) is 6.04 Å². The maximum Gasteiger partial charge on any atom is 0.243 e. The van der Waals surface area contributed by atoms with Crippen LogP contribution in [0, 0.1) is 5.82 Å². The van der Waals surface area contributed by atoms with E-state index < -0.39 is 0 Å². The van der Waals surface area contributed by atoms with Crippen LogP contribution in [0.2, 0.25) is 0 Å². The number of methoxy groups -OCH3 is 1. The van der Waals surface area contributed by atoms with E-state index in [1.54, 1.807) is 13.2 Å². The third-order valence-electron chi connectivity index (χ3n) is 2.69. The van der Waals surface area contributed by atoms with Gasteiger partial charge < -0.3 is 15.0 Å². The second-order valence-corrected chi connectivity index (χ2v) is 4.24. The van der Waals surface area contributed by atoms with E-state index in [0.29, 0.717) is 31.2 Å². The number of aromatic nitrogens is 2. The molecule has 102 valence electrons. The normalized spacial score (nSPS) is 12.6. The van der Waals surface area contributed by atoms with E-state index in [1.165, 1.54) is 12.1 Å². The summed E-state index contributed by atoms with van der Waals surface area (Å²) in [4.78, 5) is 4.21. The average Bonchev–Trinajstić information content (AvgIpc) is 2.84. The Kier molecular flexibility index (Phi) is 4.59. The zero-order valence-electron chi connectivity index (χ0n) is 10.7. The molecule has 1 aromatic carbocycles. The van der Waals surface area contributed by atoms with Crippen LogP contribution in [-0.4, -0.2) is 23.9 Å². The number of hydrogen-bond acceptors (Lipinski definition) is 5. The standard InChI is InChI=1S/C13H16FN3O2/c1-18-6-5-11(15)13-16-12(17-19-13)8-9-3-2-4-10(14)7-9/h2-4,7,11H,5-6,8,15H2,1H3. The number of hydrogen-bond donors (Lipinski definition) is 1. The topological polar surface area (TPSA) is 74.2 Å². The van der Waals surface area contributed by atoms with Crippen molar-refractivity contribution in [3.8, 4) is 0 Å². The molecule has 0 radical (unpaired) electrons. The van der Waals surface area contributed by atoms with Crippen LogP contribution in [0.15, 0.2) is 28.8 Å². The Bertz CT molecular complexity index is 530. The van der Waals surface area contributed by atoms with Crippen molar-refractivity contribution in [3.05, 3.63) is 47.4 Å². The highest BCUT2D eigenvalue weighted by Crippen LogP contribution is 2.14. The molecule has 0 aliphatic carbocycles. The average molecular weight is 265 g/mol. The predicted molar refractivity (Wildman–Crippen MR) is 66.9 cm³/mol. The number of benzene rings is 1. The van der Waals surface area contributed by atoms with Gasteiger partial charge in [-0.1, -0.05) is 17.3 Å². The Morgan fingerprint density at radius 3 is 3.05 bits per heavy atom. The molecule has 0 spiro atoms. The van der Waals surface area contributed by atoms with Gasteiger partial charge in [-0.15, -0.1) is 0 Å². The maximum absolute atomic E-state index is 13.0. The number of rotatable bonds is 6. The number of nitrogens with two attached hydrogens (primary N) is 1. The molecule has 1 unspecified atom stereocenters. The van der Waals surface area contributed by atoms with Gasteiger partial charge in [-0.05, 0) is 24.1 Å². The minimum Gasteiger partial charge on any atom is -0.385 e. The molecule has 0 bridgehead atoms. The molecule has 1 atom stereocenters. The van der Waals surface area contributed by atoms with Crippen molar-refractivity contribution >= 4 is 0 Å². The van der Waals surface area contributed by atoms with Gasteiger partial charge in [0.15, 0.2) is 5.82 Å². The summed E-state index contributed by atoms with van der Waals surface area (Å²) in [5.74, 6) is 0.593. The lowest BCUT2D eigenvalue weighted by Crippen LogP contribution is -2.13. The predicted octanol–water partition coefficient (Wildman–Crippen LogP) is 1.84. The summed E-state index contributed by atoms with van der Waals surface area (Å²) >= 11 is 0. The first-order valence-corrected chi connectivity index (χ1v) is 6.00. The highest BCUT2D eigenvalue weighted by Gasteiger charge is 2.14. The number of ether oxygens (including phenoxy) is 1. The fraction of sp³-hybridized carbons (Fsp3) is 0.385. The molecule has 19 heavy (non-hydrogen) atoms. The van der Waals surface area contributed by atoms with Crippen LogP contribution in [0.1, 0.15) is 29.7 Å². The summed E-state index contributed by atoms with van der Waals surface area (Å²) in [5, 5.41) is 3.84. The molecule has 5 nitrogen and oxygen atoms in total. The van der Waals surface area contributed by atoms with Crippen molar-refractivity contribution in [2.75, 3.05) is 13.7 Å². The van der Waals surface area contributed by atoms with Crippen LogP contribution in [0.5, 0.6) is 0 Å². The van der Waals surface area contributed by atoms with Crippen molar-refractivity contribution in [2.45, 2.75) is 18.9 Å². The van der Waals surface area contributed by atoms with Crippen LogP contribution < -0.4 is 5.73 Å². The summed E-state index contributed by atoms with van der Waals surface area (Å²) in [6.45, 7) is 0.531. The second-order valence-electron chi connectivity index (χ2n) is 4.24. The Morgan fingerprint density at radius 1 is 1.47 bits per heavy atom. The first-order valence-electron chi connectivity index (χ1n) is 6.00. The van der Waals surface area contributed by atoms with Gasteiger partial charge in [0.25, 0.3) is 0 Å². The van der Waals surface area contributed by atoms with Gasteiger partial charge in [-0.2, -0.15) is 4.98 Å². The van der Waals surface area contributed by atoms with Crippen molar-refractivity contribution in [1.29, 1.82) is 0 Å². The van der Waals surface area contributed by atoms with E-state index in [-0.39, 0.29) is 11.9 Å². The molecule has 2 aromatic rings. The van der Waals surface area contributed by atoms with Crippen molar-refractivity contribution in [3.63, 3.8) is 0 Å². The van der Waals surface area contributed by atoms with Gasteiger partial charge in [0.1, 0.15) is 5.82 Å². The van der Waals surface area contributed by atoms with Crippen molar-refractivity contribution < 1.29 is 13.7 Å². The third-order valence-corrected chi connectivity index (χ3v) is 2.69. The van der Waals surface area contributed by atoms with Crippen LogP contribution in [0.25, 0.3) is 0 Å². The van der Waals surface area contributed by atoms with Gasteiger partial charge in [-0.3, -0.25) is 0 Å². The first kappa shape index (κ1) is 13.6. The molecule has 1 heterocycles. The minimum atomic E-state index is -0.339. The van der Waals surface area contributed by atoms with E-state index >= 15 is 0 Å². The number of nitrogens with zero attached hydrogens (tertiary/aromatic N) is 2. The molecule has 1 aromatic heterocycles. The second kappa shape index (κ2) is 6.40. The van der Waals surface area contributed by atoms with E-state index in [2.05, 4.69) is 10.1 Å². The van der Waals surface area contributed by atoms with E-state index in [4.69, 9.17) is 15.0 Å². The van der Waals surface area contributed by atoms with Gasteiger partial charge >= 0.3 is 0 Å². The molecule has 0 saturated heterocycles. The lowest BCUT2D eigenvalue weighted by molar-refractivity contribution is 0.182. The molecule has 2 rings (SSSR count). The fourth-order valence-electron chi connectivity index (χ4n) is 1.69. The molecule has 0 aliphatic heterocycles. The molecule has 0 amide bonds. The molecule has 0 aliphatic rings. The smallest absolute Gasteiger partial charge is 0.243 e. The third kappa shape index (κ3) is 3.84. The van der Waals surface area contributed by atoms with Crippen LogP contribution in [-0.2, 0) is 11.2 Å². The van der Waals surface area contributed by atoms with E-state index in [1.807, 2.05) is 6.07 Å². The maximum atomic E-state index is 13.0. The summed E-state index contributed by atoms with van der Waals surface area (Å²) in [6, 6.07) is 5.96. The van der Waals surface area contributed by atoms with Crippen molar-refractivity contribution in [2.24, 2.45) is 5.73 Å². The number of halogens is 1. The Hall–Kier alpha value is -1.79. The van der Waals surface area contributed by atoms with E-state index in [9.17, 15) is 4.39 Å². The Balaban J connectivity index is 2.01. The molecule has 2 N–H and O–H groups in total. The Morgan fingerprint density at radius 2 is 2.32 bits per heavy atom. The molecule has 6 heteroatoms. The van der Waals surface area contributed by atoms with Gasteiger partial charge in [0, 0.05) is 20.1 Å². The molecule has 0 saturated carbocycles. The quantitative estimate of drug-likeness (QED) is 0.862. The highest BCUT2D eigenvalue weighted by molar-refractivity contribution is 5.19. The van der Waals surface area contributed by atoms with Crippen LogP contribution in [0.4, 0.5) is 4.39 Å². The minimum absolute atomic E-state index is 0.280. The molecular weight excluding hydrogens is 249 g/mol. The largest absolute Gasteiger partial charge is 0.385 e. The highest BCUT2D eigenvalue weighted by atomic mass is 19.1. The summed E-state index contributed by atoms with van der Waals surface area (Å²) in [6.07, 6.45) is 1.02. The van der Waals surface area contributed by atoms with Crippen molar-refractivity contribution in [1.82, 2.24) is 10.1 Å². The zero-order valence-corrected chi connectivity index (χ0v) is 10.7. The lowest BCUT2D eigenvalue weighted by Gasteiger charge is -2.04. The fourth-order valence-corrected chi connectivity index (χ4v) is 1.69. The monoisotopic (exact) mass is 265 g/mol. The summed E-state index contributed by atoms with van der Waals surface area (Å²) in [5.41, 5.74) is 6.67. The first-order chi connectivity index (χ1) is 9.19. The zero-order chi connectivity index (χ0) is 13.7. The van der Waals surface area contributed by atoms with E-state index in [0.717, 1.165) is 5.56 Å². The van der Waals surface area contributed by atoms with Gasteiger partial charge in [0.2, 0.25) is 5.89 Å².